The third-order valence-electron chi connectivity index (χ3n) is 2.93. The van der Waals surface area contributed by atoms with Crippen molar-refractivity contribution in [2.75, 3.05) is 26.3 Å². The Morgan fingerprint density at radius 2 is 2.29 bits per heavy atom. The van der Waals surface area contributed by atoms with Gasteiger partial charge in [0.15, 0.2) is 0 Å². The highest BCUT2D eigenvalue weighted by atomic mass is 16.5. The Morgan fingerprint density at radius 1 is 1.59 bits per heavy atom. The Balaban J connectivity index is 2.66. The van der Waals surface area contributed by atoms with Crippen molar-refractivity contribution in [2.45, 2.75) is 32.4 Å². The molecule has 2 atom stereocenters. The number of carbonyl (C=O) groups excluding carboxylic acids is 1. The zero-order chi connectivity index (χ0) is 12.8. The third-order valence-corrected chi connectivity index (χ3v) is 2.93. The average Bonchev–Trinajstić information content (AvgIpc) is 2.35. The van der Waals surface area contributed by atoms with Crippen LogP contribution in [0.25, 0.3) is 0 Å². The van der Waals surface area contributed by atoms with Crippen LogP contribution < -0.4 is 5.32 Å². The van der Waals surface area contributed by atoms with Gasteiger partial charge in [0.2, 0.25) is 5.91 Å². The number of hydrogen-bond donors (Lipinski definition) is 2. The number of hydrogen-bond acceptors (Lipinski definition) is 4. The maximum absolute atomic E-state index is 12.2. The van der Waals surface area contributed by atoms with E-state index in [1.165, 1.54) is 4.90 Å². The first-order chi connectivity index (χ1) is 8.06. The van der Waals surface area contributed by atoms with E-state index in [9.17, 15) is 9.59 Å². The minimum atomic E-state index is -0.990. The van der Waals surface area contributed by atoms with Crippen LogP contribution in [0.15, 0.2) is 0 Å². The van der Waals surface area contributed by atoms with Gasteiger partial charge in [0.1, 0.15) is 12.6 Å². The second kappa shape index (κ2) is 6.56. The number of morpholine rings is 1. The fourth-order valence-corrected chi connectivity index (χ4v) is 1.74. The monoisotopic (exact) mass is 244 g/mol. The number of aliphatic carboxylic acids is 1. The first-order valence-electron chi connectivity index (χ1n) is 5.89. The Bertz CT molecular complexity index is 277. The van der Waals surface area contributed by atoms with Crippen LogP contribution in [0, 0.1) is 0 Å². The third kappa shape index (κ3) is 3.98. The first kappa shape index (κ1) is 13.9. The maximum Gasteiger partial charge on any atom is 0.323 e. The second-order valence-corrected chi connectivity index (χ2v) is 4.20. The van der Waals surface area contributed by atoms with Crippen molar-refractivity contribution in [3.8, 4) is 0 Å². The van der Waals surface area contributed by atoms with E-state index in [4.69, 9.17) is 9.84 Å². The summed E-state index contributed by atoms with van der Waals surface area (Å²) in [6.45, 7) is 5.05. The maximum atomic E-state index is 12.2. The summed E-state index contributed by atoms with van der Waals surface area (Å²) in [6.07, 6.45) is 0.729. The molecule has 2 unspecified atom stereocenters. The fourth-order valence-electron chi connectivity index (χ4n) is 1.74. The quantitative estimate of drug-likeness (QED) is 0.693. The molecule has 0 aromatic carbocycles. The van der Waals surface area contributed by atoms with Gasteiger partial charge in [0, 0.05) is 12.6 Å². The summed E-state index contributed by atoms with van der Waals surface area (Å²) < 4.78 is 5.21. The summed E-state index contributed by atoms with van der Waals surface area (Å²) in [5, 5.41) is 11.9. The summed E-state index contributed by atoms with van der Waals surface area (Å²) in [5.74, 6) is -1.18. The lowest BCUT2D eigenvalue weighted by atomic mass is 10.1. The van der Waals surface area contributed by atoms with Gasteiger partial charge in [0.05, 0.1) is 13.2 Å². The Labute approximate surface area is 101 Å². The molecule has 1 fully saturated rings. The molecule has 1 amide bonds. The molecule has 0 spiro atoms. The highest BCUT2D eigenvalue weighted by Crippen LogP contribution is 2.07. The van der Waals surface area contributed by atoms with Gasteiger partial charge in [0.25, 0.3) is 0 Å². The average molecular weight is 244 g/mol. The van der Waals surface area contributed by atoms with Gasteiger partial charge in [-0.3, -0.25) is 9.59 Å². The lowest BCUT2D eigenvalue weighted by Gasteiger charge is -2.32. The SMILES string of the molecule is CCC(C)N(CC(=O)O)C(=O)C1COCCN1. The van der Waals surface area contributed by atoms with Gasteiger partial charge in [-0.25, -0.2) is 0 Å². The molecule has 0 aromatic heterocycles. The summed E-state index contributed by atoms with van der Waals surface area (Å²) in [4.78, 5) is 24.3. The van der Waals surface area contributed by atoms with E-state index in [2.05, 4.69) is 5.32 Å². The lowest BCUT2D eigenvalue weighted by molar-refractivity contribution is -0.148. The molecule has 1 saturated heterocycles. The number of nitrogens with one attached hydrogen (secondary N) is 1. The number of rotatable bonds is 5. The largest absolute Gasteiger partial charge is 0.480 e. The predicted molar refractivity (Wildman–Crippen MR) is 61.7 cm³/mol. The van der Waals surface area contributed by atoms with Gasteiger partial charge in [-0.05, 0) is 13.3 Å². The molecule has 1 rings (SSSR count). The molecular formula is C11H20N2O4. The molecule has 98 valence electrons. The van der Waals surface area contributed by atoms with Gasteiger partial charge in [-0.15, -0.1) is 0 Å². The molecule has 0 aliphatic carbocycles. The van der Waals surface area contributed by atoms with Crippen molar-refractivity contribution in [2.24, 2.45) is 0 Å². The van der Waals surface area contributed by atoms with Crippen molar-refractivity contribution in [1.82, 2.24) is 10.2 Å². The molecule has 6 nitrogen and oxygen atoms in total. The molecule has 17 heavy (non-hydrogen) atoms. The fraction of sp³-hybridized carbons (Fsp3) is 0.818. The molecular weight excluding hydrogens is 224 g/mol. The van der Waals surface area contributed by atoms with Crippen LogP contribution in [0.2, 0.25) is 0 Å². The van der Waals surface area contributed by atoms with Crippen LogP contribution in [0.4, 0.5) is 0 Å². The van der Waals surface area contributed by atoms with E-state index < -0.39 is 12.0 Å². The normalized spacial score (nSPS) is 21.9. The van der Waals surface area contributed by atoms with Gasteiger partial charge in [-0.2, -0.15) is 0 Å². The molecule has 2 N–H and O–H groups in total. The number of carbonyl (C=O) groups is 2. The molecule has 6 heteroatoms. The van der Waals surface area contributed by atoms with Crippen molar-refractivity contribution < 1.29 is 19.4 Å². The summed E-state index contributed by atoms with van der Waals surface area (Å²) in [6, 6.07) is -0.501. The molecule has 1 aliphatic heterocycles. The van der Waals surface area contributed by atoms with Gasteiger partial charge in [-0.1, -0.05) is 6.92 Å². The van der Waals surface area contributed by atoms with E-state index in [1.807, 2.05) is 13.8 Å². The van der Waals surface area contributed by atoms with E-state index in [-0.39, 0.29) is 18.5 Å². The lowest BCUT2D eigenvalue weighted by Crippen LogP contribution is -2.55. The smallest absolute Gasteiger partial charge is 0.323 e. The molecule has 0 bridgehead atoms. The van der Waals surface area contributed by atoms with Crippen LogP contribution >= 0.6 is 0 Å². The standard InChI is InChI=1S/C11H20N2O4/c1-3-8(2)13(6-10(14)15)11(16)9-7-17-5-4-12-9/h8-9,12H,3-7H2,1-2H3,(H,14,15). The zero-order valence-electron chi connectivity index (χ0n) is 10.3. The minimum absolute atomic E-state index is 0.0812. The van der Waals surface area contributed by atoms with E-state index in [0.29, 0.717) is 19.8 Å². The molecule has 1 heterocycles. The van der Waals surface area contributed by atoms with Crippen LogP contribution in [-0.4, -0.2) is 60.3 Å². The predicted octanol–water partition coefficient (Wildman–Crippen LogP) is -0.313. The number of carboxylic acid groups (broad SMARTS) is 1. The van der Waals surface area contributed by atoms with E-state index in [0.717, 1.165) is 6.42 Å². The van der Waals surface area contributed by atoms with Crippen molar-refractivity contribution in [3.05, 3.63) is 0 Å². The topological polar surface area (TPSA) is 78.9 Å². The minimum Gasteiger partial charge on any atom is -0.480 e. The van der Waals surface area contributed by atoms with Crippen LogP contribution in [-0.2, 0) is 14.3 Å². The number of carboxylic acids is 1. The number of ether oxygens (including phenoxy) is 1. The van der Waals surface area contributed by atoms with Crippen molar-refractivity contribution in [1.29, 1.82) is 0 Å². The van der Waals surface area contributed by atoms with Crippen LogP contribution in [0.3, 0.4) is 0 Å². The highest BCUT2D eigenvalue weighted by molar-refractivity contribution is 5.85. The molecule has 0 radical (unpaired) electrons. The van der Waals surface area contributed by atoms with Crippen molar-refractivity contribution >= 4 is 11.9 Å². The van der Waals surface area contributed by atoms with Crippen LogP contribution in [0.1, 0.15) is 20.3 Å². The van der Waals surface area contributed by atoms with Crippen molar-refractivity contribution in [3.63, 3.8) is 0 Å². The Hall–Kier alpha value is -1.14. The summed E-state index contributed by atoms with van der Waals surface area (Å²) in [7, 11) is 0. The molecule has 0 saturated carbocycles. The Morgan fingerprint density at radius 3 is 2.76 bits per heavy atom. The second-order valence-electron chi connectivity index (χ2n) is 4.20. The van der Waals surface area contributed by atoms with E-state index in [1.54, 1.807) is 0 Å². The zero-order valence-corrected chi connectivity index (χ0v) is 10.3. The van der Waals surface area contributed by atoms with Gasteiger partial charge >= 0.3 is 5.97 Å². The van der Waals surface area contributed by atoms with E-state index >= 15 is 0 Å². The highest BCUT2D eigenvalue weighted by Gasteiger charge is 2.29. The molecule has 1 aliphatic rings. The summed E-state index contributed by atoms with van der Waals surface area (Å²) >= 11 is 0. The first-order valence-corrected chi connectivity index (χ1v) is 5.89. The Kier molecular flexibility index (Phi) is 5.37. The molecule has 0 aromatic rings. The summed E-state index contributed by atoms with van der Waals surface area (Å²) in [5.41, 5.74) is 0. The number of amides is 1. The number of nitrogens with zero attached hydrogens (tertiary/aromatic N) is 1. The van der Waals surface area contributed by atoms with Gasteiger partial charge < -0.3 is 20.1 Å². The van der Waals surface area contributed by atoms with Crippen LogP contribution in [0.5, 0.6) is 0 Å².